The zero-order chi connectivity index (χ0) is 10.8. The summed E-state index contributed by atoms with van der Waals surface area (Å²) in [6.45, 7) is 2.69. The van der Waals surface area contributed by atoms with Gasteiger partial charge in [0, 0.05) is 0 Å². The molecule has 15 heavy (non-hydrogen) atoms. The summed E-state index contributed by atoms with van der Waals surface area (Å²) in [6.07, 6.45) is 0. The van der Waals surface area contributed by atoms with Crippen molar-refractivity contribution in [1.29, 1.82) is 0 Å². The molecular formula is C13H14FN. The summed E-state index contributed by atoms with van der Waals surface area (Å²) in [5.41, 5.74) is 6.84. The molecular weight excluding hydrogens is 189 g/mol. The van der Waals surface area contributed by atoms with Crippen LogP contribution in [-0.2, 0) is 0 Å². The van der Waals surface area contributed by atoms with Crippen LogP contribution in [0.15, 0.2) is 36.4 Å². The van der Waals surface area contributed by atoms with Crippen molar-refractivity contribution in [3.63, 3.8) is 0 Å². The van der Waals surface area contributed by atoms with Crippen molar-refractivity contribution >= 4 is 10.8 Å². The summed E-state index contributed by atoms with van der Waals surface area (Å²) >= 11 is 0. The molecule has 0 heterocycles. The second-order valence-electron chi connectivity index (χ2n) is 3.85. The van der Waals surface area contributed by atoms with E-state index in [1.54, 1.807) is 6.07 Å². The van der Waals surface area contributed by atoms with Crippen LogP contribution in [0.5, 0.6) is 0 Å². The molecule has 0 saturated heterocycles. The molecule has 0 amide bonds. The lowest BCUT2D eigenvalue weighted by Gasteiger charge is -2.12. The summed E-state index contributed by atoms with van der Waals surface area (Å²) in [4.78, 5) is 0. The van der Waals surface area contributed by atoms with E-state index in [4.69, 9.17) is 5.73 Å². The first-order valence-electron chi connectivity index (χ1n) is 5.10. The number of nitrogens with two attached hydrogens (primary N) is 1. The monoisotopic (exact) mass is 203 g/mol. The molecule has 1 atom stereocenters. The van der Waals surface area contributed by atoms with Crippen LogP contribution in [0.4, 0.5) is 4.39 Å². The van der Waals surface area contributed by atoms with Gasteiger partial charge in [0.15, 0.2) is 0 Å². The van der Waals surface area contributed by atoms with E-state index in [0.29, 0.717) is 12.5 Å². The Morgan fingerprint density at radius 2 is 2.07 bits per heavy atom. The normalized spacial score (nSPS) is 13.0. The average molecular weight is 203 g/mol. The van der Waals surface area contributed by atoms with Crippen LogP contribution in [0.1, 0.15) is 18.4 Å². The highest BCUT2D eigenvalue weighted by Gasteiger charge is 2.07. The third kappa shape index (κ3) is 1.85. The number of hydrogen-bond acceptors (Lipinski definition) is 1. The standard InChI is InChI=1S/C13H14FN/c1-9(8-15)12-4-2-3-10-7-11(14)5-6-13(10)12/h2-7,9H,8,15H2,1H3. The lowest BCUT2D eigenvalue weighted by Crippen LogP contribution is -2.09. The molecule has 0 aromatic heterocycles. The maximum atomic E-state index is 13.0. The van der Waals surface area contributed by atoms with Gasteiger partial charge in [0.2, 0.25) is 0 Å². The van der Waals surface area contributed by atoms with Gasteiger partial charge in [0.1, 0.15) is 5.82 Å². The molecule has 0 bridgehead atoms. The third-order valence-corrected chi connectivity index (χ3v) is 2.76. The Hall–Kier alpha value is -1.41. The van der Waals surface area contributed by atoms with E-state index in [2.05, 4.69) is 13.0 Å². The molecule has 1 nitrogen and oxygen atoms in total. The molecule has 0 radical (unpaired) electrons. The van der Waals surface area contributed by atoms with Crippen LogP contribution in [0.2, 0.25) is 0 Å². The van der Waals surface area contributed by atoms with E-state index in [9.17, 15) is 4.39 Å². The second kappa shape index (κ2) is 3.99. The minimum atomic E-state index is -0.194. The van der Waals surface area contributed by atoms with Crippen LogP contribution in [0.3, 0.4) is 0 Å². The average Bonchev–Trinajstić information content (AvgIpc) is 2.26. The third-order valence-electron chi connectivity index (χ3n) is 2.76. The van der Waals surface area contributed by atoms with Gasteiger partial charge in [-0.05, 0) is 40.9 Å². The summed E-state index contributed by atoms with van der Waals surface area (Å²) < 4.78 is 13.0. The highest BCUT2D eigenvalue weighted by Crippen LogP contribution is 2.25. The van der Waals surface area contributed by atoms with Gasteiger partial charge in [0.25, 0.3) is 0 Å². The Bertz CT molecular complexity index is 479. The van der Waals surface area contributed by atoms with E-state index in [-0.39, 0.29) is 5.82 Å². The minimum absolute atomic E-state index is 0.194. The van der Waals surface area contributed by atoms with Crippen LogP contribution in [-0.4, -0.2) is 6.54 Å². The molecule has 2 aromatic carbocycles. The second-order valence-corrected chi connectivity index (χ2v) is 3.85. The summed E-state index contributed by atoms with van der Waals surface area (Å²) in [6, 6.07) is 10.8. The molecule has 0 aliphatic heterocycles. The maximum Gasteiger partial charge on any atom is 0.123 e. The van der Waals surface area contributed by atoms with Crippen molar-refractivity contribution in [2.75, 3.05) is 6.54 Å². The SMILES string of the molecule is CC(CN)c1cccc2cc(F)ccc12. The predicted octanol–water partition coefficient (Wildman–Crippen LogP) is 3.04. The smallest absolute Gasteiger partial charge is 0.123 e. The lowest BCUT2D eigenvalue weighted by molar-refractivity contribution is 0.629. The molecule has 0 fully saturated rings. The number of hydrogen-bond donors (Lipinski definition) is 1. The largest absolute Gasteiger partial charge is 0.330 e. The van der Waals surface area contributed by atoms with Gasteiger partial charge in [0.05, 0.1) is 0 Å². The molecule has 0 spiro atoms. The summed E-state index contributed by atoms with van der Waals surface area (Å²) in [5, 5.41) is 2.03. The van der Waals surface area contributed by atoms with Crippen molar-refractivity contribution < 1.29 is 4.39 Å². The quantitative estimate of drug-likeness (QED) is 0.797. The van der Waals surface area contributed by atoms with Gasteiger partial charge in [-0.1, -0.05) is 31.2 Å². The van der Waals surface area contributed by atoms with Crippen molar-refractivity contribution in [1.82, 2.24) is 0 Å². The minimum Gasteiger partial charge on any atom is -0.330 e. The van der Waals surface area contributed by atoms with E-state index in [1.165, 1.54) is 11.6 Å². The summed E-state index contributed by atoms with van der Waals surface area (Å²) in [7, 11) is 0. The molecule has 78 valence electrons. The number of fused-ring (bicyclic) bond motifs is 1. The van der Waals surface area contributed by atoms with Crippen molar-refractivity contribution in [2.24, 2.45) is 5.73 Å². The zero-order valence-corrected chi connectivity index (χ0v) is 8.70. The molecule has 2 rings (SSSR count). The Kier molecular flexibility index (Phi) is 2.69. The van der Waals surface area contributed by atoms with Crippen LogP contribution < -0.4 is 5.73 Å². The Morgan fingerprint density at radius 3 is 2.80 bits per heavy atom. The van der Waals surface area contributed by atoms with Gasteiger partial charge < -0.3 is 5.73 Å². The van der Waals surface area contributed by atoms with E-state index in [1.807, 2.05) is 18.2 Å². The molecule has 2 N–H and O–H groups in total. The Balaban J connectivity index is 2.66. The van der Waals surface area contributed by atoms with E-state index < -0.39 is 0 Å². The fraction of sp³-hybridized carbons (Fsp3) is 0.231. The van der Waals surface area contributed by atoms with Crippen molar-refractivity contribution in [2.45, 2.75) is 12.8 Å². The van der Waals surface area contributed by atoms with Crippen molar-refractivity contribution in [3.05, 3.63) is 47.8 Å². The molecule has 2 heteroatoms. The van der Waals surface area contributed by atoms with Gasteiger partial charge in [-0.15, -0.1) is 0 Å². The molecule has 2 aromatic rings. The first-order valence-corrected chi connectivity index (χ1v) is 5.10. The predicted molar refractivity (Wildman–Crippen MR) is 61.4 cm³/mol. The molecule has 0 aliphatic rings. The summed E-state index contributed by atoms with van der Waals surface area (Å²) in [5.74, 6) is 0.110. The highest BCUT2D eigenvalue weighted by atomic mass is 19.1. The topological polar surface area (TPSA) is 26.0 Å². The first-order chi connectivity index (χ1) is 7.22. The van der Waals surface area contributed by atoms with Gasteiger partial charge in [-0.25, -0.2) is 4.39 Å². The number of halogens is 1. The fourth-order valence-electron chi connectivity index (χ4n) is 1.84. The van der Waals surface area contributed by atoms with Crippen LogP contribution in [0.25, 0.3) is 10.8 Å². The molecule has 0 saturated carbocycles. The number of benzene rings is 2. The van der Waals surface area contributed by atoms with Gasteiger partial charge in [-0.3, -0.25) is 0 Å². The van der Waals surface area contributed by atoms with Crippen LogP contribution in [0, 0.1) is 5.82 Å². The molecule has 1 unspecified atom stereocenters. The van der Waals surface area contributed by atoms with Gasteiger partial charge >= 0.3 is 0 Å². The fourth-order valence-corrected chi connectivity index (χ4v) is 1.84. The Morgan fingerprint density at radius 1 is 1.27 bits per heavy atom. The van der Waals surface area contributed by atoms with Crippen LogP contribution >= 0.6 is 0 Å². The van der Waals surface area contributed by atoms with E-state index >= 15 is 0 Å². The molecule has 0 aliphatic carbocycles. The van der Waals surface area contributed by atoms with E-state index in [0.717, 1.165) is 10.8 Å². The lowest BCUT2D eigenvalue weighted by atomic mass is 9.95. The van der Waals surface area contributed by atoms with Crippen molar-refractivity contribution in [3.8, 4) is 0 Å². The highest BCUT2D eigenvalue weighted by molar-refractivity contribution is 5.86. The maximum absolute atomic E-state index is 13.0. The van der Waals surface area contributed by atoms with Gasteiger partial charge in [-0.2, -0.15) is 0 Å². The number of rotatable bonds is 2. The first kappa shape index (κ1) is 10.1. The Labute approximate surface area is 88.7 Å². The zero-order valence-electron chi connectivity index (χ0n) is 8.70.